The van der Waals surface area contributed by atoms with E-state index in [1.54, 1.807) is 0 Å². The van der Waals surface area contributed by atoms with Crippen LogP contribution in [0.4, 0.5) is 11.4 Å². The Morgan fingerprint density at radius 2 is 2.13 bits per heavy atom. The van der Waals surface area contributed by atoms with Crippen LogP contribution in [0.1, 0.15) is 5.56 Å². The van der Waals surface area contributed by atoms with Crippen LogP contribution in [-0.2, 0) is 0 Å². The molecule has 0 bridgehead atoms. The molecule has 15 heavy (non-hydrogen) atoms. The number of likely N-dealkylation sites (N-methyl/N-ethyl adjacent to an activating group) is 2. The highest BCUT2D eigenvalue weighted by Gasteiger charge is 2.07. The SMILES string of the molecule is CNCCN(C)c1cc(C)c(N)cc1Br. The Kier molecular flexibility index (Phi) is 4.42. The number of hydrogen-bond donors (Lipinski definition) is 2. The van der Waals surface area contributed by atoms with Crippen LogP contribution in [0.3, 0.4) is 0 Å². The van der Waals surface area contributed by atoms with Crippen LogP contribution in [0.25, 0.3) is 0 Å². The molecule has 0 heterocycles. The fourth-order valence-electron chi connectivity index (χ4n) is 1.37. The van der Waals surface area contributed by atoms with Crippen molar-refractivity contribution in [1.29, 1.82) is 0 Å². The molecule has 1 rings (SSSR count). The molecule has 0 atom stereocenters. The van der Waals surface area contributed by atoms with Gasteiger partial charge < -0.3 is 16.0 Å². The number of nitrogens with zero attached hydrogens (tertiary/aromatic N) is 1. The summed E-state index contributed by atoms with van der Waals surface area (Å²) < 4.78 is 1.05. The molecule has 0 unspecified atom stereocenters. The van der Waals surface area contributed by atoms with E-state index in [0.29, 0.717) is 0 Å². The first-order valence-corrected chi connectivity index (χ1v) is 5.77. The summed E-state index contributed by atoms with van der Waals surface area (Å²) in [6.45, 7) is 3.96. The Hall–Kier alpha value is -0.740. The molecule has 0 saturated heterocycles. The molecule has 1 aromatic rings. The molecule has 0 aliphatic rings. The number of aryl methyl sites for hydroxylation is 1. The van der Waals surface area contributed by atoms with Crippen molar-refractivity contribution >= 4 is 27.3 Å². The molecule has 0 spiro atoms. The molecule has 4 heteroatoms. The van der Waals surface area contributed by atoms with E-state index >= 15 is 0 Å². The highest BCUT2D eigenvalue weighted by atomic mass is 79.9. The van der Waals surface area contributed by atoms with E-state index in [2.05, 4.69) is 39.3 Å². The maximum absolute atomic E-state index is 5.83. The molecule has 0 aliphatic heterocycles. The van der Waals surface area contributed by atoms with Crippen molar-refractivity contribution in [3.63, 3.8) is 0 Å². The van der Waals surface area contributed by atoms with Crippen LogP contribution < -0.4 is 16.0 Å². The van der Waals surface area contributed by atoms with Crippen LogP contribution in [0.2, 0.25) is 0 Å². The number of benzene rings is 1. The zero-order valence-corrected chi connectivity index (χ0v) is 11.1. The number of hydrogen-bond acceptors (Lipinski definition) is 3. The first-order chi connectivity index (χ1) is 7.06. The highest BCUT2D eigenvalue weighted by molar-refractivity contribution is 9.10. The standard InChI is InChI=1S/C11H18BrN3/c1-8-6-11(9(12)7-10(8)13)15(3)5-4-14-2/h6-7,14H,4-5,13H2,1-3H3. The van der Waals surface area contributed by atoms with Crippen molar-refractivity contribution in [2.45, 2.75) is 6.92 Å². The van der Waals surface area contributed by atoms with Crippen molar-refractivity contribution in [2.75, 3.05) is 37.8 Å². The van der Waals surface area contributed by atoms with Gasteiger partial charge in [-0.25, -0.2) is 0 Å². The van der Waals surface area contributed by atoms with E-state index in [-0.39, 0.29) is 0 Å². The monoisotopic (exact) mass is 271 g/mol. The number of anilines is 2. The summed E-state index contributed by atoms with van der Waals surface area (Å²) in [6.07, 6.45) is 0. The van der Waals surface area contributed by atoms with E-state index in [4.69, 9.17) is 5.73 Å². The normalized spacial score (nSPS) is 10.4. The quantitative estimate of drug-likeness (QED) is 0.824. The average Bonchev–Trinajstić information content (AvgIpc) is 2.20. The van der Waals surface area contributed by atoms with Crippen molar-refractivity contribution in [1.82, 2.24) is 5.32 Å². The van der Waals surface area contributed by atoms with E-state index < -0.39 is 0 Å². The molecule has 1 aromatic carbocycles. The summed E-state index contributed by atoms with van der Waals surface area (Å²) in [5.74, 6) is 0. The van der Waals surface area contributed by atoms with Gasteiger partial charge in [0.15, 0.2) is 0 Å². The van der Waals surface area contributed by atoms with Gasteiger partial charge in [0.1, 0.15) is 0 Å². The van der Waals surface area contributed by atoms with Crippen molar-refractivity contribution in [3.05, 3.63) is 22.2 Å². The molecule has 84 valence electrons. The average molecular weight is 272 g/mol. The molecule has 0 saturated carbocycles. The molecule has 0 fully saturated rings. The van der Waals surface area contributed by atoms with Gasteiger partial charge >= 0.3 is 0 Å². The summed E-state index contributed by atoms with van der Waals surface area (Å²) in [5.41, 5.74) is 8.95. The number of rotatable bonds is 4. The molecule has 0 aliphatic carbocycles. The Morgan fingerprint density at radius 1 is 1.47 bits per heavy atom. The van der Waals surface area contributed by atoms with E-state index in [1.807, 2.05) is 20.0 Å². The Balaban J connectivity index is 2.88. The second kappa shape index (κ2) is 5.37. The summed E-state index contributed by atoms with van der Waals surface area (Å²) >= 11 is 3.53. The minimum atomic E-state index is 0.827. The Bertz CT molecular complexity index is 339. The summed E-state index contributed by atoms with van der Waals surface area (Å²) in [5, 5.41) is 3.13. The van der Waals surface area contributed by atoms with Crippen LogP contribution in [-0.4, -0.2) is 27.2 Å². The first-order valence-electron chi connectivity index (χ1n) is 4.97. The van der Waals surface area contributed by atoms with Gasteiger partial charge in [-0.2, -0.15) is 0 Å². The van der Waals surface area contributed by atoms with E-state index in [9.17, 15) is 0 Å². The molecule has 3 nitrogen and oxygen atoms in total. The molecule has 0 radical (unpaired) electrons. The fraction of sp³-hybridized carbons (Fsp3) is 0.455. The lowest BCUT2D eigenvalue weighted by Crippen LogP contribution is -2.27. The van der Waals surface area contributed by atoms with E-state index in [1.165, 1.54) is 5.69 Å². The fourth-order valence-corrected chi connectivity index (χ4v) is 2.04. The van der Waals surface area contributed by atoms with Gasteiger partial charge in [-0.05, 0) is 47.6 Å². The van der Waals surface area contributed by atoms with Crippen LogP contribution in [0.5, 0.6) is 0 Å². The second-order valence-electron chi connectivity index (χ2n) is 3.69. The van der Waals surface area contributed by atoms with Gasteiger partial charge in [-0.1, -0.05) is 0 Å². The molecule has 3 N–H and O–H groups in total. The predicted molar refractivity (Wildman–Crippen MR) is 70.5 cm³/mol. The van der Waals surface area contributed by atoms with Gasteiger partial charge in [0, 0.05) is 30.3 Å². The molecule has 0 amide bonds. The molecular weight excluding hydrogens is 254 g/mol. The first kappa shape index (κ1) is 12.3. The van der Waals surface area contributed by atoms with Crippen LogP contribution in [0.15, 0.2) is 16.6 Å². The third kappa shape index (κ3) is 3.11. The third-order valence-electron chi connectivity index (χ3n) is 2.44. The van der Waals surface area contributed by atoms with E-state index in [0.717, 1.165) is 28.8 Å². The largest absolute Gasteiger partial charge is 0.398 e. The van der Waals surface area contributed by atoms with Gasteiger partial charge in [-0.3, -0.25) is 0 Å². The number of halogens is 1. The zero-order valence-electron chi connectivity index (χ0n) is 9.47. The molecular formula is C11H18BrN3. The van der Waals surface area contributed by atoms with Crippen molar-refractivity contribution < 1.29 is 0 Å². The van der Waals surface area contributed by atoms with Crippen molar-refractivity contribution in [3.8, 4) is 0 Å². The third-order valence-corrected chi connectivity index (χ3v) is 3.08. The zero-order chi connectivity index (χ0) is 11.4. The maximum atomic E-state index is 5.83. The summed E-state index contributed by atoms with van der Waals surface area (Å²) in [6, 6.07) is 4.07. The lowest BCUT2D eigenvalue weighted by molar-refractivity contribution is 0.767. The highest BCUT2D eigenvalue weighted by Crippen LogP contribution is 2.29. The summed E-state index contributed by atoms with van der Waals surface area (Å²) in [7, 11) is 4.03. The van der Waals surface area contributed by atoms with Gasteiger partial charge in [0.2, 0.25) is 0 Å². The predicted octanol–water partition coefficient (Wildman–Crippen LogP) is 2.00. The smallest absolute Gasteiger partial charge is 0.0512 e. The molecule has 0 aromatic heterocycles. The minimum absolute atomic E-state index is 0.827. The number of nitrogens with two attached hydrogens (primary N) is 1. The Labute approximate surface area is 99.8 Å². The topological polar surface area (TPSA) is 41.3 Å². The lowest BCUT2D eigenvalue weighted by Gasteiger charge is -2.21. The second-order valence-corrected chi connectivity index (χ2v) is 4.54. The van der Waals surface area contributed by atoms with Crippen LogP contribution >= 0.6 is 15.9 Å². The Morgan fingerprint density at radius 3 is 2.73 bits per heavy atom. The maximum Gasteiger partial charge on any atom is 0.0512 e. The summed E-state index contributed by atoms with van der Waals surface area (Å²) in [4.78, 5) is 2.20. The lowest BCUT2D eigenvalue weighted by atomic mass is 10.1. The van der Waals surface area contributed by atoms with Crippen LogP contribution in [0, 0.1) is 6.92 Å². The number of nitrogens with one attached hydrogen (secondary N) is 1. The van der Waals surface area contributed by atoms with Gasteiger partial charge in [0.25, 0.3) is 0 Å². The van der Waals surface area contributed by atoms with Gasteiger partial charge in [0.05, 0.1) is 5.69 Å². The van der Waals surface area contributed by atoms with Crippen molar-refractivity contribution in [2.24, 2.45) is 0 Å². The van der Waals surface area contributed by atoms with Gasteiger partial charge in [-0.15, -0.1) is 0 Å². The number of nitrogen functional groups attached to an aromatic ring is 1. The minimum Gasteiger partial charge on any atom is -0.398 e.